The van der Waals surface area contributed by atoms with Gasteiger partial charge < -0.3 is 14.5 Å². The Hall–Kier alpha value is -1.78. The molecule has 11 heteroatoms. The van der Waals surface area contributed by atoms with Crippen LogP contribution in [-0.2, 0) is 20.8 Å². The van der Waals surface area contributed by atoms with E-state index in [0.717, 1.165) is 6.26 Å². The lowest BCUT2D eigenvalue weighted by Crippen LogP contribution is -2.15. The van der Waals surface area contributed by atoms with Crippen LogP contribution < -0.4 is 5.32 Å². The first-order valence-electron chi connectivity index (χ1n) is 5.71. The normalized spacial score (nSPS) is 12.2. The maximum atomic E-state index is 12.7. The van der Waals surface area contributed by atoms with Gasteiger partial charge in [-0.15, -0.1) is 0 Å². The number of alkyl halides is 3. The molecule has 1 aromatic rings. The Kier molecular flexibility index (Phi) is 5.20. The average molecular weight is 330 g/mol. The number of sulfone groups is 1. The number of halogens is 3. The van der Waals surface area contributed by atoms with Crippen molar-refractivity contribution in [3.8, 4) is 0 Å². The summed E-state index contributed by atoms with van der Waals surface area (Å²) in [5, 5.41) is 2.27. The SMILES string of the molecule is CCOC(=O)c1oc(NCCS(C)(=O)=O)nc1C(F)(F)F. The minimum Gasteiger partial charge on any atom is -0.460 e. The molecule has 0 fully saturated rings. The monoisotopic (exact) mass is 330 g/mol. The number of aromatic nitrogens is 1. The zero-order valence-corrected chi connectivity index (χ0v) is 12.0. The Labute approximate surface area is 118 Å². The number of ether oxygens (including phenoxy) is 1. The van der Waals surface area contributed by atoms with Gasteiger partial charge in [-0.3, -0.25) is 0 Å². The summed E-state index contributed by atoms with van der Waals surface area (Å²) in [6, 6.07) is -0.603. The van der Waals surface area contributed by atoms with E-state index in [0.29, 0.717) is 0 Å². The van der Waals surface area contributed by atoms with Crippen LogP contribution in [0.2, 0.25) is 0 Å². The van der Waals surface area contributed by atoms with Crippen molar-refractivity contribution < 1.29 is 35.5 Å². The van der Waals surface area contributed by atoms with Gasteiger partial charge >= 0.3 is 12.1 Å². The van der Waals surface area contributed by atoms with Gasteiger partial charge in [-0.2, -0.15) is 18.2 Å². The molecule has 0 amide bonds. The van der Waals surface area contributed by atoms with Gasteiger partial charge in [-0.25, -0.2) is 13.2 Å². The Bertz CT molecular complexity index is 609. The van der Waals surface area contributed by atoms with Crippen LogP contribution in [0.1, 0.15) is 23.2 Å². The van der Waals surface area contributed by atoms with E-state index < -0.39 is 39.5 Å². The average Bonchev–Trinajstić information content (AvgIpc) is 2.71. The Morgan fingerprint density at radius 1 is 1.43 bits per heavy atom. The third-order valence-corrected chi connectivity index (χ3v) is 3.05. The number of esters is 1. The summed E-state index contributed by atoms with van der Waals surface area (Å²) in [7, 11) is -3.30. The van der Waals surface area contributed by atoms with Gasteiger partial charge in [0, 0.05) is 12.8 Å². The van der Waals surface area contributed by atoms with Crippen molar-refractivity contribution in [2.24, 2.45) is 0 Å². The highest BCUT2D eigenvalue weighted by Crippen LogP contribution is 2.33. The number of hydrogen-bond donors (Lipinski definition) is 1. The number of anilines is 1. The van der Waals surface area contributed by atoms with Gasteiger partial charge in [0.25, 0.3) is 6.01 Å². The minimum absolute atomic E-state index is 0.131. The second kappa shape index (κ2) is 6.33. The van der Waals surface area contributed by atoms with Gasteiger partial charge in [0.05, 0.1) is 12.4 Å². The van der Waals surface area contributed by atoms with Crippen molar-refractivity contribution in [2.45, 2.75) is 13.1 Å². The molecule has 1 aromatic heterocycles. The molecule has 0 radical (unpaired) electrons. The number of hydrogen-bond acceptors (Lipinski definition) is 7. The number of nitrogens with one attached hydrogen (secondary N) is 1. The predicted octanol–water partition coefficient (Wildman–Crippen LogP) is 1.33. The van der Waals surface area contributed by atoms with Gasteiger partial charge in [0.15, 0.2) is 5.69 Å². The molecular formula is C10H13F3N2O5S. The van der Waals surface area contributed by atoms with E-state index in [9.17, 15) is 26.4 Å². The van der Waals surface area contributed by atoms with Crippen molar-refractivity contribution >= 4 is 21.8 Å². The minimum atomic E-state index is -4.90. The third kappa shape index (κ3) is 5.25. The largest absolute Gasteiger partial charge is 0.460 e. The third-order valence-electron chi connectivity index (χ3n) is 2.11. The summed E-state index contributed by atoms with van der Waals surface area (Å²) in [6.45, 7) is 1.08. The zero-order valence-electron chi connectivity index (χ0n) is 11.2. The molecule has 0 aromatic carbocycles. The predicted molar refractivity (Wildman–Crippen MR) is 65.7 cm³/mol. The van der Waals surface area contributed by atoms with Crippen LogP contribution in [0, 0.1) is 0 Å². The van der Waals surface area contributed by atoms with Crippen LogP contribution in [-0.4, -0.2) is 44.5 Å². The van der Waals surface area contributed by atoms with E-state index in [1.165, 1.54) is 6.92 Å². The molecule has 1 N–H and O–H groups in total. The van der Waals surface area contributed by atoms with Gasteiger partial charge in [0.2, 0.25) is 5.76 Å². The highest BCUT2D eigenvalue weighted by molar-refractivity contribution is 7.90. The van der Waals surface area contributed by atoms with Gasteiger partial charge in [-0.05, 0) is 6.92 Å². The van der Waals surface area contributed by atoms with E-state index in [1.807, 2.05) is 0 Å². The van der Waals surface area contributed by atoms with Gasteiger partial charge in [0.1, 0.15) is 9.84 Å². The van der Waals surface area contributed by atoms with Crippen LogP contribution in [0.5, 0.6) is 0 Å². The van der Waals surface area contributed by atoms with Crippen LogP contribution in [0.15, 0.2) is 4.42 Å². The van der Waals surface area contributed by atoms with Crippen LogP contribution >= 0.6 is 0 Å². The smallest absolute Gasteiger partial charge is 0.437 e. The molecule has 0 spiro atoms. The van der Waals surface area contributed by atoms with Crippen molar-refractivity contribution in [3.63, 3.8) is 0 Å². The molecule has 7 nitrogen and oxygen atoms in total. The lowest BCUT2D eigenvalue weighted by Gasteiger charge is -2.03. The molecule has 0 aliphatic heterocycles. The quantitative estimate of drug-likeness (QED) is 0.786. The summed E-state index contributed by atoms with van der Waals surface area (Å²) < 4.78 is 69.1. The second-order valence-electron chi connectivity index (χ2n) is 3.97. The summed E-state index contributed by atoms with van der Waals surface area (Å²) in [5.74, 6) is -2.70. The number of rotatable bonds is 6. The summed E-state index contributed by atoms with van der Waals surface area (Å²) in [6.07, 6.45) is -3.93. The number of oxazole rings is 1. The Morgan fingerprint density at radius 3 is 2.52 bits per heavy atom. The van der Waals surface area contributed by atoms with Crippen molar-refractivity contribution in [1.82, 2.24) is 4.98 Å². The van der Waals surface area contributed by atoms with Crippen LogP contribution in [0.25, 0.3) is 0 Å². The number of carbonyl (C=O) groups excluding carboxylic acids is 1. The van der Waals surface area contributed by atoms with E-state index in [4.69, 9.17) is 0 Å². The van der Waals surface area contributed by atoms with E-state index >= 15 is 0 Å². The van der Waals surface area contributed by atoms with Crippen LogP contribution in [0.4, 0.5) is 19.2 Å². The highest BCUT2D eigenvalue weighted by atomic mass is 32.2. The second-order valence-corrected chi connectivity index (χ2v) is 6.23. The van der Waals surface area contributed by atoms with Crippen molar-refractivity contribution in [1.29, 1.82) is 0 Å². The fraction of sp³-hybridized carbons (Fsp3) is 0.600. The molecule has 0 aliphatic rings. The molecule has 0 atom stereocenters. The molecule has 0 bridgehead atoms. The van der Waals surface area contributed by atoms with E-state index in [1.54, 1.807) is 0 Å². The molecule has 0 unspecified atom stereocenters. The number of carbonyl (C=O) groups is 1. The van der Waals surface area contributed by atoms with Crippen LogP contribution in [0.3, 0.4) is 0 Å². The molecule has 120 valence electrons. The first-order chi connectivity index (χ1) is 9.54. The van der Waals surface area contributed by atoms with E-state index in [2.05, 4.69) is 19.5 Å². The lowest BCUT2D eigenvalue weighted by atomic mass is 10.3. The molecule has 0 aliphatic carbocycles. The van der Waals surface area contributed by atoms with E-state index in [-0.39, 0.29) is 18.9 Å². The van der Waals surface area contributed by atoms with Crippen molar-refractivity contribution in [3.05, 3.63) is 11.5 Å². The fourth-order valence-electron chi connectivity index (χ4n) is 1.27. The van der Waals surface area contributed by atoms with Crippen molar-refractivity contribution in [2.75, 3.05) is 30.5 Å². The maximum absolute atomic E-state index is 12.7. The molecule has 0 saturated heterocycles. The number of nitrogens with zero attached hydrogens (tertiary/aromatic N) is 1. The topological polar surface area (TPSA) is 98.5 Å². The molecular weight excluding hydrogens is 317 g/mol. The molecule has 1 rings (SSSR count). The summed E-state index contributed by atoms with van der Waals surface area (Å²) >= 11 is 0. The summed E-state index contributed by atoms with van der Waals surface area (Å²) in [5.41, 5.74) is -1.53. The molecule has 21 heavy (non-hydrogen) atoms. The zero-order chi connectivity index (χ0) is 16.3. The first kappa shape index (κ1) is 17.3. The molecule has 0 saturated carbocycles. The first-order valence-corrected chi connectivity index (χ1v) is 7.77. The fourth-order valence-corrected chi connectivity index (χ4v) is 1.74. The Morgan fingerprint density at radius 2 is 2.05 bits per heavy atom. The standard InChI is InChI=1S/C10H13F3N2O5S/c1-3-19-8(16)6-7(10(11,12)13)15-9(20-6)14-4-5-21(2,17)18/h3-5H2,1-2H3,(H,14,15). The Balaban J connectivity index is 2.95. The van der Waals surface area contributed by atoms with Gasteiger partial charge in [-0.1, -0.05) is 0 Å². The molecule has 1 heterocycles. The summed E-state index contributed by atoms with van der Waals surface area (Å²) in [4.78, 5) is 14.5. The maximum Gasteiger partial charge on any atom is 0.437 e. The lowest BCUT2D eigenvalue weighted by molar-refractivity contribution is -0.141. The highest BCUT2D eigenvalue weighted by Gasteiger charge is 2.41.